The summed E-state index contributed by atoms with van der Waals surface area (Å²) in [4.78, 5) is 0. The molecule has 1 aromatic rings. The molecule has 0 aliphatic heterocycles. The predicted octanol–water partition coefficient (Wildman–Crippen LogP) is 1.50. The average Bonchev–Trinajstić information content (AvgIpc) is 2.59. The van der Waals surface area contributed by atoms with Gasteiger partial charge in [-0.3, -0.25) is 0 Å². The van der Waals surface area contributed by atoms with Crippen LogP contribution in [0.3, 0.4) is 0 Å². The van der Waals surface area contributed by atoms with E-state index in [9.17, 15) is 0 Å². The van der Waals surface area contributed by atoms with Crippen molar-refractivity contribution in [3.05, 3.63) is 17.5 Å². The lowest BCUT2D eigenvalue weighted by atomic mass is 10.2. The van der Waals surface area contributed by atoms with Gasteiger partial charge < -0.3 is 14.6 Å². The van der Waals surface area contributed by atoms with Crippen LogP contribution in [0, 0.1) is 6.92 Å². The van der Waals surface area contributed by atoms with Crippen molar-refractivity contribution in [3.63, 3.8) is 0 Å². The molecule has 0 amide bonds. The highest BCUT2D eigenvalue weighted by atomic mass is 16.5. The Kier molecular flexibility index (Phi) is 4.10. The molecule has 2 atom stereocenters. The van der Waals surface area contributed by atoms with Crippen molar-refractivity contribution >= 4 is 0 Å². The van der Waals surface area contributed by atoms with Crippen LogP contribution in [0.25, 0.3) is 0 Å². The lowest BCUT2D eigenvalue weighted by Crippen LogP contribution is -2.36. The Labute approximate surface area is 84.6 Å². The van der Waals surface area contributed by atoms with E-state index in [0.717, 1.165) is 11.5 Å². The van der Waals surface area contributed by atoms with E-state index in [4.69, 9.17) is 9.26 Å². The average molecular weight is 198 g/mol. The van der Waals surface area contributed by atoms with Gasteiger partial charge in [0.15, 0.2) is 0 Å². The van der Waals surface area contributed by atoms with Gasteiger partial charge in [0.1, 0.15) is 5.76 Å². The molecule has 4 heteroatoms. The maximum absolute atomic E-state index is 5.20. The topological polar surface area (TPSA) is 47.3 Å². The Balaban J connectivity index is 2.33. The van der Waals surface area contributed by atoms with Crippen LogP contribution in [-0.4, -0.2) is 24.4 Å². The smallest absolute Gasteiger partial charge is 0.133 e. The number of aryl methyl sites for hydroxylation is 1. The molecule has 0 spiro atoms. The third-order valence-electron chi connectivity index (χ3n) is 2.36. The summed E-state index contributed by atoms with van der Waals surface area (Å²) >= 11 is 0. The van der Waals surface area contributed by atoms with Crippen LogP contribution in [-0.2, 0) is 11.3 Å². The van der Waals surface area contributed by atoms with E-state index in [1.807, 2.05) is 19.9 Å². The lowest BCUT2D eigenvalue weighted by Gasteiger charge is -2.18. The zero-order chi connectivity index (χ0) is 10.6. The van der Waals surface area contributed by atoms with E-state index >= 15 is 0 Å². The standard InChI is InChI=1S/C10H18N2O2/c1-7-5-10(12-14-7)6-11-8(2)9(3)13-4/h5,8-9,11H,6H2,1-4H3. The lowest BCUT2D eigenvalue weighted by molar-refractivity contribution is 0.0880. The van der Waals surface area contributed by atoms with Gasteiger partial charge in [-0.2, -0.15) is 0 Å². The Bertz CT molecular complexity index is 273. The molecule has 0 radical (unpaired) electrons. The number of aromatic nitrogens is 1. The second kappa shape index (κ2) is 5.12. The van der Waals surface area contributed by atoms with Crippen LogP contribution in [0.4, 0.5) is 0 Å². The normalized spacial score (nSPS) is 15.4. The van der Waals surface area contributed by atoms with Crippen LogP contribution >= 0.6 is 0 Å². The summed E-state index contributed by atoms with van der Waals surface area (Å²) in [5.74, 6) is 0.842. The minimum atomic E-state index is 0.197. The van der Waals surface area contributed by atoms with E-state index in [-0.39, 0.29) is 6.10 Å². The van der Waals surface area contributed by atoms with E-state index in [0.29, 0.717) is 12.6 Å². The zero-order valence-corrected chi connectivity index (χ0v) is 9.20. The van der Waals surface area contributed by atoms with E-state index in [1.54, 1.807) is 7.11 Å². The molecule has 80 valence electrons. The minimum Gasteiger partial charge on any atom is -0.380 e. The van der Waals surface area contributed by atoms with Crippen LogP contribution in [0.5, 0.6) is 0 Å². The molecule has 2 unspecified atom stereocenters. The SMILES string of the molecule is COC(C)C(C)NCc1cc(C)on1. The highest BCUT2D eigenvalue weighted by molar-refractivity contribution is 5.03. The highest BCUT2D eigenvalue weighted by Gasteiger charge is 2.10. The van der Waals surface area contributed by atoms with Crippen molar-refractivity contribution in [2.75, 3.05) is 7.11 Å². The molecule has 0 aromatic carbocycles. The van der Waals surface area contributed by atoms with Gasteiger partial charge in [-0.1, -0.05) is 5.16 Å². The van der Waals surface area contributed by atoms with Crippen molar-refractivity contribution in [1.29, 1.82) is 0 Å². The van der Waals surface area contributed by atoms with Gasteiger partial charge in [-0.25, -0.2) is 0 Å². The molecule has 1 aromatic heterocycles. The minimum absolute atomic E-state index is 0.197. The zero-order valence-electron chi connectivity index (χ0n) is 9.20. The summed E-state index contributed by atoms with van der Waals surface area (Å²) < 4.78 is 10.2. The molecular formula is C10H18N2O2. The molecular weight excluding hydrogens is 180 g/mol. The first-order chi connectivity index (χ1) is 6.63. The van der Waals surface area contributed by atoms with Gasteiger partial charge in [0.05, 0.1) is 11.8 Å². The van der Waals surface area contributed by atoms with Gasteiger partial charge in [-0.05, 0) is 20.8 Å². The van der Waals surface area contributed by atoms with Crippen molar-refractivity contribution in [1.82, 2.24) is 10.5 Å². The summed E-state index contributed by atoms with van der Waals surface area (Å²) in [7, 11) is 1.71. The summed E-state index contributed by atoms with van der Waals surface area (Å²) in [5.41, 5.74) is 0.928. The van der Waals surface area contributed by atoms with Crippen LogP contribution in [0.15, 0.2) is 10.6 Å². The van der Waals surface area contributed by atoms with Crippen LogP contribution in [0.1, 0.15) is 25.3 Å². The number of nitrogens with zero attached hydrogens (tertiary/aromatic N) is 1. The molecule has 1 N–H and O–H groups in total. The molecule has 14 heavy (non-hydrogen) atoms. The molecule has 0 saturated heterocycles. The summed E-state index contributed by atoms with van der Waals surface area (Å²) in [5, 5.41) is 7.21. The largest absolute Gasteiger partial charge is 0.380 e. The Morgan fingerprint density at radius 1 is 1.57 bits per heavy atom. The summed E-state index contributed by atoms with van der Waals surface area (Å²) in [6.07, 6.45) is 0.197. The van der Waals surface area contributed by atoms with Gasteiger partial charge in [0.2, 0.25) is 0 Å². The molecule has 1 heterocycles. The fourth-order valence-electron chi connectivity index (χ4n) is 1.14. The van der Waals surface area contributed by atoms with Gasteiger partial charge >= 0.3 is 0 Å². The second-order valence-corrected chi connectivity index (χ2v) is 3.54. The van der Waals surface area contributed by atoms with Crippen molar-refractivity contribution in [3.8, 4) is 0 Å². The number of hydrogen-bond acceptors (Lipinski definition) is 4. The third kappa shape index (κ3) is 3.12. The number of methoxy groups -OCH3 is 1. The molecule has 0 aliphatic carbocycles. The van der Waals surface area contributed by atoms with Crippen LogP contribution < -0.4 is 5.32 Å². The third-order valence-corrected chi connectivity index (χ3v) is 2.36. The maximum Gasteiger partial charge on any atom is 0.133 e. The predicted molar refractivity (Wildman–Crippen MR) is 54.0 cm³/mol. The van der Waals surface area contributed by atoms with Crippen LogP contribution in [0.2, 0.25) is 0 Å². The van der Waals surface area contributed by atoms with Gasteiger partial charge in [0.25, 0.3) is 0 Å². The quantitative estimate of drug-likeness (QED) is 0.778. The molecule has 1 rings (SSSR count). The number of hydrogen-bond donors (Lipinski definition) is 1. The summed E-state index contributed by atoms with van der Waals surface area (Å²) in [6, 6.07) is 2.23. The van der Waals surface area contributed by atoms with E-state index in [2.05, 4.69) is 17.4 Å². The van der Waals surface area contributed by atoms with Gasteiger partial charge in [0, 0.05) is 25.8 Å². The first kappa shape index (κ1) is 11.2. The number of nitrogens with one attached hydrogen (secondary N) is 1. The maximum atomic E-state index is 5.20. The summed E-state index contributed by atoms with van der Waals surface area (Å²) in [6.45, 7) is 6.72. The first-order valence-electron chi connectivity index (χ1n) is 4.82. The van der Waals surface area contributed by atoms with Crippen molar-refractivity contribution < 1.29 is 9.26 Å². The monoisotopic (exact) mass is 198 g/mol. The molecule has 0 saturated carbocycles. The Hall–Kier alpha value is -0.870. The molecule has 4 nitrogen and oxygen atoms in total. The number of ether oxygens (including phenoxy) is 1. The fraction of sp³-hybridized carbons (Fsp3) is 0.700. The molecule has 0 bridgehead atoms. The number of rotatable bonds is 5. The molecule has 0 fully saturated rings. The van der Waals surface area contributed by atoms with Crippen molar-refractivity contribution in [2.45, 2.75) is 39.5 Å². The van der Waals surface area contributed by atoms with E-state index in [1.165, 1.54) is 0 Å². The first-order valence-corrected chi connectivity index (χ1v) is 4.82. The Morgan fingerprint density at radius 2 is 2.29 bits per heavy atom. The highest BCUT2D eigenvalue weighted by Crippen LogP contribution is 2.02. The van der Waals surface area contributed by atoms with E-state index < -0.39 is 0 Å². The second-order valence-electron chi connectivity index (χ2n) is 3.54. The Morgan fingerprint density at radius 3 is 2.79 bits per heavy atom. The van der Waals surface area contributed by atoms with Gasteiger partial charge in [-0.15, -0.1) is 0 Å². The van der Waals surface area contributed by atoms with Crippen molar-refractivity contribution in [2.24, 2.45) is 0 Å². The molecule has 0 aliphatic rings. The fourth-order valence-corrected chi connectivity index (χ4v) is 1.14.